The first-order valence-electron chi connectivity index (χ1n) is 10.0. The molecule has 0 bridgehead atoms. The van der Waals surface area contributed by atoms with Gasteiger partial charge in [0.2, 0.25) is 15.9 Å². The third kappa shape index (κ3) is 4.29. The predicted molar refractivity (Wildman–Crippen MR) is 125 cm³/mol. The maximum atomic E-state index is 12.8. The zero-order valence-electron chi connectivity index (χ0n) is 16.9. The number of hydrogen-bond donors (Lipinski definition) is 1. The van der Waals surface area contributed by atoms with Crippen LogP contribution in [0.15, 0.2) is 53.0 Å². The van der Waals surface area contributed by atoms with Gasteiger partial charge in [-0.15, -0.1) is 11.3 Å². The van der Waals surface area contributed by atoms with Crippen molar-refractivity contribution in [1.82, 2.24) is 19.3 Å². The molecule has 0 unspecified atom stereocenters. The van der Waals surface area contributed by atoms with Crippen molar-refractivity contribution in [2.45, 2.75) is 24.2 Å². The summed E-state index contributed by atoms with van der Waals surface area (Å²) in [6, 6.07) is 8.67. The molecule has 1 fully saturated rings. The fourth-order valence-corrected chi connectivity index (χ4v) is 6.88. The molecule has 0 saturated carbocycles. The number of sulfonamides is 1. The number of carbonyl (C=O) groups excluding carboxylic acids is 1. The van der Waals surface area contributed by atoms with Crippen LogP contribution < -0.4 is 5.32 Å². The van der Waals surface area contributed by atoms with Gasteiger partial charge in [0.1, 0.15) is 5.01 Å². The number of amides is 1. The number of thiazole rings is 2. The highest BCUT2D eigenvalue weighted by atomic mass is 32.2. The molecule has 32 heavy (non-hydrogen) atoms. The Bertz CT molecular complexity index is 1380. The fourth-order valence-electron chi connectivity index (χ4n) is 3.53. The van der Waals surface area contributed by atoms with E-state index in [0.29, 0.717) is 34.1 Å². The van der Waals surface area contributed by atoms with E-state index in [4.69, 9.17) is 0 Å². The fraction of sp³-hybridized carbons (Fsp3) is 0.238. The topological polar surface area (TPSA) is 105 Å². The van der Waals surface area contributed by atoms with Crippen LogP contribution in [0.5, 0.6) is 0 Å². The Labute approximate surface area is 193 Å². The lowest BCUT2D eigenvalue weighted by Gasteiger charge is -2.15. The summed E-state index contributed by atoms with van der Waals surface area (Å²) in [6.45, 7) is 1.12. The van der Waals surface area contributed by atoms with Crippen LogP contribution in [-0.2, 0) is 21.2 Å². The standard InChI is InChI=1S/C21H19N5O3S3/c27-19(10-15-13-30-20(23-15)14-4-3-7-22-12-14)25-21-24-17-6-5-16(11-18(17)31-21)32(28,29)26-8-1-2-9-26/h3-7,11-13H,1-2,8-10H2,(H,24,25,27). The molecule has 0 aliphatic carbocycles. The number of nitrogens with zero attached hydrogens (tertiary/aromatic N) is 4. The quantitative estimate of drug-likeness (QED) is 0.446. The highest BCUT2D eigenvalue weighted by molar-refractivity contribution is 7.89. The molecule has 1 N–H and O–H groups in total. The number of anilines is 1. The minimum atomic E-state index is -3.49. The molecule has 164 valence electrons. The number of benzene rings is 1. The molecular formula is C21H19N5O3S3. The molecule has 4 aromatic rings. The Morgan fingerprint density at radius 3 is 2.78 bits per heavy atom. The first kappa shape index (κ1) is 21.1. The first-order valence-corrected chi connectivity index (χ1v) is 13.2. The van der Waals surface area contributed by atoms with Crippen LogP contribution in [0.1, 0.15) is 18.5 Å². The summed E-state index contributed by atoms with van der Waals surface area (Å²) in [7, 11) is -3.49. The van der Waals surface area contributed by atoms with Crippen LogP contribution in [0.4, 0.5) is 5.13 Å². The van der Waals surface area contributed by atoms with Gasteiger partial charge in [0.15, 0.2) is 5.13 Å². The molecule has 1 aliphatic heterocycles. The van der Waals surface area contributed by atoms with Crippen molar-refractivity contribution in [3.8, 4) is 10.6 Å². The zero-order chi connectivity index (χ0) is 22.1. The largest absolute Gasteiger partial charge is 0.302 e. The average Bonchev–Trinajstić information content (AvgIpc) is 3.54. The van der Waals surface area contributed by atoms with Crippen LogP contribution in [0.2, 0.25) is 0 Å². The molecule has 1 amide bonds. The number of hydrogen-bond acceptors (Lipinski definition) is 8. The van der Waals surface area contributed by atoms with Gasteiger partial charge in [0.05, 0.1) is 27.2 Å². The van der Waals surface area contributed by atoms with E-state index in [1.165, 1.54) is 27.0 Å². The molecule has 1 aliphatic rings. The van der Waals surface area contributed by atoms with E-state index < -0.39 is 10.0 Å². The van der Waals surface area contributed by atoms with Crippen LogP contribution in [0.25, 0.3) is 20.8 Å². The number of aromatic nitrogens is 3. The van der Waals surface area contributed by atoms with Crippen molar-refractivity contribution in [1.29, 1.82) is 0 Å². The molecule has 0 spiro atoms. The van der Waals surface area contributed by atoms with E-state index in [-0.39, 0.29) is 17.2 Å². The molecule has 3 aromatic heterocycles. The molecular weight excluding hydrogens is 466 g/mol. The maximum absolute atomic E-state index is 12.8. The lowest BCUT2D eigenvalue weighted by Crippen LogP contribution is -2.27. The van der Waals surface area contributed by atoms with Gasteiger partial charge in [-0.3, -0.25) is 9.78 Å². The van der Waals surface area contributed by atoms with Crippen molar-refractivity contribution in [3.05, 3.63) is 53.8 Å². The zero-order valence-corrected chi connectivity index (χ0v) is 19.3. The second-order valence-corrected chi connectivity index (χ2v) is 11.2. The monoisotopic (exact) mass is 485 g/mol. The Morgan fingerprint density at radius 1 is 1.16 bits per heavy atom. The summed E-state index contributed by atoms with van der Waals surface area (Å²) >= 11 is 2.72. The highest BCUT2D eigenvalue weighted by Crippen LogP contribution is 2.30. The van der Waals surface area contributed by atoms with Gasteiger partial charge in [-0.1, -0.05) is 11.3 Å². The summed E-state index contributed by atoms with van der Waals surface area (Å²) < 4.78 is 27.8. The molecule has 5 rings (SSSR count). The van der Waals surface area contributed by atoms with Crippen LogP contribution >= 0.6 is 22.7 Å². The van der Waals surface area contributed by atoms with Crippen molar-refractivity contribution >= 4 is 54.0 Å². The van der Waals surface area contributed by atoms with Crippen LogP contribution in [-0.4, -0.2) is 46.7 Å². The van der Waals surface area contributed by atoms with Gasteiger partial charge in [0.25, 0.3) is 0 Å². The average molecular weight is 486 g/mol. The van der Waals surface area contributed by atoms with Crippen molar-refractivity contribution in [2.24, 2.45) is 0 Å². The van der Waals surface area contributed by atoms with Crippen molar-refractivity contribution < 1.29 is 13.2 Å². The van der Waals surface area contributed by atoms with Gasteiger partial charge < -0.3 is 5.32 Å². The van der Waals surface area contributed by atoms with Gasteiger partial charge in [-0.05, 0) is 43.2 Å². The molecule has 4 heterocycles. The van der Waals surface area contributed by atoms with Gasteiger partial charge >= 0.3 is 0 Å². The second-order valence-electron chi connectivity index (χ2n) is 7.37. The lowest BCUT2D eigenvalue weighted by molar-refractivity contribution is -0.115. The van der Waals surface area contributed by atoms with Crippen molar-refractivity contribution in [2.75, 3.05) is 18.4 Å². The normalized spacial score (nSPS) is 14.8. The van der Waals surface area contributed by atoms with Crippen LogP contribution in [0, 0.1) is 0 Å². The minimum absolute atomic E-state index is 0.126. The number of nitrogens with one attached hydrogen (secondary N) is 1. The first-order chi connectivity index (χ1) is 15.5. The number of rotatable bonds is 6. The van der Waals surface area contributed by atoms with E-state index >= 15 is 0 Å². The SMILES string of the molecule is O=C(Cc1csc(-c2cccnc2)n1)Nc1nc2ccc(S(=O)(=O)N3CCCC3)cc2s1. The Morgan fingerprint density at radius 2 is 2.00 bits per heavy atom. The van der Waals surface area contributed by atoms with Gasteiger partial charge in [-0.25, -0.2) is 18.4 Å². The van der Waals surface area contributed by atoms with E-state index in [0.717, 1.165) is 23.4 Å². The number of carbonyl (C=O) groups is 1. The summed E-state index contributed by atoms with van der Waals surface area (Å²) in [5, 5.41) is 5.91. The Hall–Kier alpha value is -2.73. The van der Waals surface area contributed by atoms with Crippen LogP contribution in [0.3, 0.4) is 0 Å². The molecule has 1 aromatic carbocycles. The maximum Gasteiger partial charge on any atom is 0.243 e. The van der Waals surface area contributed by atoms with E-state index in [2.05, 4.69) is 20.3 Å². The van der Waals surface area contributed by atoms with E-state index in [9.17, 15) is 13.2 Å². The second kappa shape index (κ2) is 8.66. The molecule has 0 atom stereocenters. The van der Waals surface area contributed by atoms with Crippen molar-refractivity contribution in [3.63, 3.8) is 0 Å². The highest BCUT2D eigenvalue weighted by Gasteiger charge is 2.27. The Kier molecular flexibility index (Phi) is 5.72. The molecule has 8 nitrogen and oxygen atoms in total. The third-order valence-electron chi connectivity index (χ3n) is 5.11. The molecule has 1 saturated heterocycles. The van der Waals surface area contributed by atoms with E-state index in [1.807, 2.05) is 17.5 Å². The van der Waals surface area contributed by atoms with E-state index in [1.54, 1.807) is 30.6 Å². The number of fused-ring (bicyclic) bond motifs is 1. The summed E-state index contributed by atoms with van der Waals surface area (Å²) in [5.41, 5.74) is 2.24. The van der Waals surface area contributed by atoms with Gasteiger partial charge in [-0.2, -0.15) is 4.31 Å². The summed E-state index contributed by atoms with van der Waals surface area (Å²) in [4.78, 5) is 25.8. The molecule has 11 heteroatoms. The minimum Gasteiger partial charge on any atom is -0.302 e. The predicted octanol–water partition coefficient (Wildman–Crippen LogP) is 3.78. The lowest BCUT2D eigenvalue weighted by atomic mass is 10.3. The van der Waals surface area contributed by atoms with Gasteiger partial charge in [0, 0.05) is 36.4 Å². The third-order valence-corrected chi connectivity index (χ3v) is 8.88. The number of pyridine rings is 1. The Balaban J connectivity index is 1.29. The summed E-state index contributed by atoms with van der Waals surface area (Å²) in [5.74, 6) is -0.225. The molecule has 0 radical (unpaired) electrons. The smallest absolute Gasteiger partial charge is 0.243 e. The summed E-state index contributed by atoms with van der Waals surface area (Å²) in [6.07, 6.45) is 5.35.